The van der Waals surface area contributed by atoms with Gasteiger partial charge in [0.2, 0.25) is 5.91 Å². The number of aliphatic hydroxyl groups is 1. The number of phenols is 1. The molecule has 1 aromatic carbocycles. The zero-order chi connectivity index (χ0) is 12.8. The molecule has 1 aromatic rings. The van der Waals surface area contributed by atoms with Crippen LogP contribution in [-0.4, -0.2) is 22.2 Å². The van der Waals surface area contributed by atoms with E-state index in [0.29, 0.717) is 12.8 Å². The van der Waals surface area contributed by atoms with Crippen molar-refractivity contribution >= 4 is 5.91 Å². The van der Waals surface area contributed by atoms with Crippen molar-refractivity contribution in [1.82, 2.24) is 5.32 Å². The lowest BCUT2D eigenvalue weighted by molar-refractivity contribution is -0.122. The van der Waals surface area contributed by atoms with Crippen LogP contribution in [0.2, 0.25) is 0 Å². The third-order valence-corrected chi connectivity index (χ3v) is 2.54. The van der Waals surface area contributed by atoms with E-state index in [1.54, 1.807) is 25.1 Å². The van der Waals surface area contributed by atoms with Gasteiger partial charge in [-0.15, -0.1) is 0 Å². The Hall–Kier alpha value is -1.55. The molecule has 0 fully saturated rings. The Morgan fingerprint density at radius 2 is 2.12 bits per heavy atom. The molecule has 0 spiro atoms. The summed E-state index contributed by atoms with van der Waals surface area (Å²) in [6, 6.07) is 6.65. The largest absolute Gasteiger partial charge is 0.508 e. The fourth-order valence-corrected chi connectivity index (χ4v) is 1.53. The van der Waals surface area contributed by atoms with Gasteiger partial charge in [-0.2, -0.15) is 0 Å². The Labute approximate surface area is 101 Å². The van der Waals surface area contributed by atoms with Gasteiger partial charge in [0.25, 0.3) is 0 Å². The van der Waals surface area contributed by atoms with Crippen LogP contribution >= 0.6 is 0 Å². The number of hydrogen-bond donors (Lipinski definition) is 3. The summed E-state index contributed by atoms with van der Waals surface area (Å²) in [7, 11) is 0. The van der Waals surface area contributed by atoms with E-state index in [1.807, 2.05) is 13.0 Å². The van der Waals surface area contributed by atoms with Crippen LogP contribution in [0.1, 0.15) is 38.3 Å². The van der Waals surface area contributed by atoms with Gasteiger partial charge in [0, 0.05) is 6.42 Å². The van der Waals surface area contributed by atoms with Crippen LogP contribution in [0.5, 0.6) is 5.75 Å². The van der Waals surface area contributed by atoms with Crippen molar-refractivity contribution in [2.24, 2.45) is 0 Å². The monoisotopic (exact) mass is 237 g/mol. The maximum atomic E-state index is 11.5. The summed E-state index contributed by atoms with van der Waals surface area (Å²) in [4.78, 5) is 11.5. The highest BCUT2D eigenvalue weighted by atomic mass is 16.3. The van der Waals surface area contributed by atoms with E-state index in [1.165, 1.54) is 0 Å². The Morgan fingerprint density at radius 3 is 2.71 bits per heavy atom. The molecular formula is C13H19NO3. The van der Waals surface area contributed by atoms with Crippen molar-refractivity contribution in [3.63, 3.8) is 0 Å². The van der Waals surface area contributed by atoms with Crippen molar-refractivity contribution in [1.29, 1.82) is 0 Å². The van der Waals surface area contributed by atoms with Gasteiger partial charge in [-0.25, -0.2) is 0 Å². The Bertz CT molecular complexity index is 377. The SMILES string of the molecule is CC(O)CCC(=O)NC(C)c1cccc(O)c1. The number of amides is 1. The van der Waals surface area contributed by atoms with Crippen molar-refractivity contribution in [3.8, 4) is 5.75 Å². The fourth-order valence-electron chi connectivity index (χ4n) is 1.53. The van der Waals surface area contributed by atoms with Crippen molar-refractivity contribution < 1.29 is 15.0 Å². The molecule has 0 aliphatic heterocycles. The highest BCUT2D eigenvalue weighted by Crippen LogP contribution is 2.17. The van der Waals surface area contributed by atoms with E-state index >= 15 is 0 Å². The first-order valence-corrected chi connectivity index (χ1v) is 5.75. The van der Waals surface area contributed by atoms with Crippen LogP contribution < -0.4 is 5.32 Å². The number of aliphatic hydroxyl groups excluding tert-OH is 1. The Kier molecular flexibility index (Phi) is 4.97. The lowest BCUT2D eigenvalue weighted by Gasteiger charge is -2.14. The summed E-state index contributed by atoms with van der Waals surface area (Å²) in [6.07, 6.45) is 0.302. The third kappa shape index (κ3) is 4.87. The molecule has 0 aliphatic carbocycles. The minimum atomic E-state index is -0.461. The predicted octanol–water partition coefficient (Wildman–Crippen LogP) is 1.73. The maximum Gasteiger partial charge on any atom is 0.220 e. The van der Waals surface area contributed by atoms with Crippen LogP contribution in [0.15, 0.2) is 24.3 Å². The molecule has 4 nitrogen and oxygen atoms in total. The zero-order valence-electron chi connectivity index (χ0n) is 10.2. The molecule has 4 heteroatoms. The van der Waals surface area contributed by atoms with Gasteiger partial charge in [-0.1, -0.05) is 12.1 Å². The quantitative estimate of drug-likeness (QED) is 0.730. The number of hydrogen-bond acceptors (Lipinski definition) is 3. The molecule has 3 N–H and O–H groups in total. The molecular weight excluding hydrogens is 218 g/mol. The number of carbonyl (C=O) groups excluding carboxylic acids is 1. The average Bonchev–Trinajstić information content (AvgIpc) is 2.26. The summed E-state index contributed by atoms with van der Waals surface area (Å²) < 4.78 is 0. The number of phenolic OH excluding ortho intramolecular Hbond substituents is 1. The van der Waals surface area contributed by atoms with Crippen molar-refractivity contribution in [3.05, 3.63) is 29.8 Å². The van der Waals surface area contributed by atoms with Crippen LogP contribution in [-0.2, 0) is 4.79 Å². The number of rotatable bonds is 5. The first-order chi connectivity index (χ1) is 7.99. The van der Waals surface area contributed by atoms with E-state index in [0.717, 1.165) is 5.56 Å². The lowest BCUT2D eigenvalue weighted by atomic mass is 10.1. The third-order valence-electron chi connectivity index (χ3n) is 2.54. The summed E-state index contributed by atoms with van der Waals surface area (Å²) in [5.41, 5.74) is 0.857. The molecule has 0 aromatic heterocycles. The summed E-state index contributed by atoms with van der Waals surface area (Å²) in [5, 5.41) is 21.2. The Morgan fingerprint density at radius 1 is 1.41 bits per heavy atom. The average molecular weight is 237 g/mol. The van der Waals surface area contributed by atoms with E-state index in [-0.39, 0.29) is 17.7 Å². The van der Waals surface area contributed by atoms with E-state index in [2.05, 4.69) is 5.32 Å². The summed E-state index contributed by atoms with van der Waals surface area (Å²) in [6.45, 7) is 3.51. The molecule has 1 amide bonds. The fraction of sp³-hybridized carbons (Fsp3) is 0.462. The Balaban J connectivity index is 2.48. The molecule has 2 unspecified atom stereocenters. The van der Waals surface area contributed by atoms with Crippen LogP contribution in [0, 0.1) is 0 Å². The molecule has 0 saturated heterocycles. The second kappa shape index (κ2) is 6.25. The molecule has 0 heterocycles. The topological polar surface area (TPSA) is 69.6 Å². The first-order valence-electron chi connectivity index (χ1n) is 5.75. The molecule has 0 radical (unpaired) electrons. The number of nitrogens with one attached hydrogen (secondary N) is 1. The van der Waals surface area contributed by atoms with Gasteiger partial charge in [-0.3, -0.25) is 4.79 Å². The number of carbonyl (C=O) groups is 1. The molecule has 0 bridgehead atoms. The highest BCUT2D eigenvalue weighted by molar-refractivity contribution is 5.76. The minimum absolute atomic E-state index is 0.0956. The predicted molar refractivity (Wildman–Crippen MR) is 65.6 cm³/mol. The van der Waals surface area contributed by atoms with Crippen LogP contribution in [0.25, 0.3) is 0 Å². The van der Waals surface area contributed by atoms with Crippen molar-refractivity contribution in [2.45, 2.75) is 38.8 Å². The van der Waals surface area contributed by atoms with E-state index in [9.17, 15) is 9.90 Å². The standard InChI is InChI=1S/C13H19NO3/c1-9(15)6-7-13(17)14-10(2)11-4-3-5-12(16)8-11/h3-5,8-10,15-16H,6-7H2,1-2H3,(H,14,17). The van der Waals surface area contributed by atoms with Gasteiger partial charge in [0.15, 0.2) is 0 Å². The lowest BCUT2D eigenvalue weighted by Crippen LogP contribution is -2.27. The summed E-state index contributed by atoms with van der Waals surface area (Å²) in [5.74, 6) is 0.0920. The normalized spacial score (nSPS) is 14.1. The van der Waals surface area contributed by atoms with Gasteiger partial charge in [0.1, 0.15) is 5.75 Å². The van der Waals surface area contributed by atoms with Crippen LogP contribution in [0.3, 0.4) is 0 Å². The maximum absolute atomic E-state index is 11.5. The molecule has 0 saturated carbocycles. The van der Waals surface area contributed by atoms with Crippen molar-refractivity contribution in [2.75, 3.05) is 0 Å². The smallest absolute Gasteiger partial charge is 0.220 e. The minimum Gasteiger partial charge on any atom is -0.508 e. The van der Waals surface area contributed by atoms with E-state index in [4.69, 9.17) is 5.11 Å². The van der Waals surface area contributed by atoms with Crippen LogP contribution in [0.4, 0.5) is 0 Å². The van der Waals surface area contributed by atoms with Gasteiger partial charge in [0.05, 0.1) is 12.1 Å². The number of aromatic hydroxyl groups is 1. The zero-order valence-corrected chi connectivity index (χ0v) is 10.2. The molecule has 17 heavy (non-hydrogen) atoms. The second-order valence-electron chi connectivity index (χ2n) is 4.27. The first kappa shape index (κ1) is 13.5. The van der Waals surface area contributed by atoms with Gasteiger partial charge >= 0.3 is 0 Å². The molecule has 0 aliphatic rings. The van der Waals surface area contributed by atoms with E-state index < -0.39 is 6.10 Å². The second-order valence-corrected chi connectivity index (χ2v) is 4.27. The van der Waals surface area contributed by atoms with Gasteiger partial charge < -0.3 is 15.5 Å². The number of benzene rings is 1. The molecule has 2 atom stereocenters. The highest BCUT2D eigenvalue weighted by Gasteiger charge is 2.10. The molecule has 1 rings (SSSR count). The van der Waals surface area contributed by atoms with Gasteiger partial charge in [-0.05, 0) is 38.0 Å². The summed E-state index contributed by atoms with van der Waals surface area (Å²) >= 11 is 0. The molecule has 94 valence electrons.